The van der Waals surface area contributed by atoms with E-state index in [1.165, 1.54) is 0 Å². The van der Waals surface area contributed by atoms with Crippen LogP contribution in [0.4, 0.5) is 0 Å². The standard InChI is InChI=1S/C15H32N3O2.C9H18N2O.C6H15ClNO.3ClH.Na.H2O/c1-13(2)15(20)16-9-8-10-18(6,7)12-14(19)11-17(3,4)5;1-8(2)9(12)10-6-5-7-11(3)4;1-8(2,3)5-6(9)4-7;;;;;/h14,19H,1,8-12H2,2-7H3;1,5-7H2,2-4H3,(H,10,12);6,9H,4-5H2,1-3H3;3*1H;;1H2/q+1;;+1;;;;+1;/p-3. The number of halogens is 4. The van der Waals surface area contributed by atoms with Gasteiger partial charge in [0.25, 0.3) is 0 Å². The van der Waals surface area contributed by atoms with Gasteiger partial charge in [-0.3, -0.25) is 9.59 Å². The zero-order valence-electron chi connectivity index (χ0n) is 31.1. The molecule has 0 aromatic heterocycles. The molecule has 0 aliphatic carbocycles. The fraction of sp³-hybridized carbons (Fsp3) is 0.800. The Kier molecular flexibility index (Phi) is 47.6. The van der Waals surface area contributed by atoms with Crippen LogP contribution in [-0.4, -0.2) is 180 Å². The van der Waals surface area contributed by atoms with Crippen LogP contribution < -0.4 is 77.4 Å². The van der Waals surface area contributed by atoms with Crippen molar-refractivity contribution < 1.29 is 106 Å². The molecule has 16 heteroatoms. The van der Waals surface area contributed by atoms with E-state index >= 15 is 0 Å². The van der Waals surface area contributed by atoms with Gasteiger partial charge in [0.05, 0.1) is 68.8 Å². The van der Waals surface area contributed by atoms with Crippen LogP contribution >= 0.6 is 11.6 Å². The zero-order chi connectivity index (χ0) is 33.0. The third-order valence-electron chi connectivity index (χ3n) is 5.47. The van der Waals surface area contributed by atoms with Crippen LogP contribution in [0, 0.1) is 0 Å². The first kappa shape index (κ1) is 64.8. The number of rotatable bonds is 17. The monoisotopic (exact) mass is 754 g/mol. The molecule has 2 amide bonds. The number of aliphatic hydroxyl groups is 2. The van der Waals surface area contributed by atoms with E-state index < -0.39 is 0 Å². The maximum atomic E-state index is 11.3. The van der Waals surface area contributed by atoms with Gasteiger partial charge in [0, 0.05) is 30.7 Å². The molecule has 276 valence electrons. The largest absolute Gasteiger partial charge is 1.00 e. The van der Waals surface area contributed by atoms with Crippen molar-refractivity contribution in [3.63, 3.8) is 0 Å². The van der Waals surface area contributed by atoms with E-state index in [-0.39, 0.29) is 96.3 Å². The number of alkyl halides is 1. The minimum Gasteiger partial charge on any atom is -1.00 e. The molecular formula is C30H67Cl4N6NaO5. The number of nitrogens with one attached hydrogen (secondary N) is 2. The van der Waals surface area contributed by atoms with Gasteiger partial charge in [0.1, 0.15) is 25.7 Å². The second kappa shape index (κ2) is 33.8. The molecule has 0 radical (unpaired) electrons. The molecule has 0 saturated carbocycles. The van der Waals surface area contributed by atoms with Crippen molar-refractivity contribution in [2.24, 2.45) is 0 Å². The summed E-state index contributed by atoms with van der Waals surface area (Å²) < 4.78 is 2.27. The fourth-order valence-electron chi connectivity index (χ4n) is 3.64. The van der Waals surface area contributed by atoms with Crippen molar-refractivity contribution in [1.29, 1.82) is 0 Å². The van der Waals surface area contributed by atoms with Gasteiger partial charge >= 0.3 is 29.6 Å². The normalized spacial score (nSPS) is 11.7. The molecule has 11 nitrogen and oxygen atoms in total. The summed E-state index contributed by atoms with van der Waals surface area (Å²) in [5.41, 5.74) is 1.11. The van der Waals surface area contributed by atoms with Gasteiger partial charge in [-0.2, -0.15) is 0 Å². The van der Waals surface area contributed by atoms with Gasteiger partial charge in [-0.15, -0.1) is 11.6 Å². The first-order valence-electron chi connectivity index (χ1n) is 14.3. The van der Waals surface area contributed by atoms with Crippen LogP contribution in [0.3, 0.4) is 0 Å². The summed E-state index contributed by atoms with van der Waals surface area (Å²) in [5.74, 6) is 0.198. The molecule has 0 fully saturated rings. The van der Waals surface area contributed by atoms with Gasteiger partial charge < -0.3 is 81.9 Å². The van der Waals surface area contributed by atoms with Crippen LogP contribution in [0.2, 0.25) is 0 Å². The summed E-state index contributed by atoms with van der Waals surface area (Å²) in [6.45, 7) is 16.0. The predicted molar refractivity (Wildman–Crippen MR) is 176 cm³/mol. The van der Waals surface area contributed by atoms with E-state index in [0.29, 0.717) is 30.1 Å². The molecule has 0 rings (SSSR count). The maximum absolute atomic E-state index is 11.3. The molecule has 2 unspecified atom stereocenters. The number of amides is 2. The topological polar surface area (TPSA) is 132 Å². The Balaban J connectivity index is -0.0000000805. The number of nitrogens with zero attached hydrogens (tertiary/aromatic N) is 4. The molecule has 2 atom stereocenters. The van der Waals surface area contributed by atoms with E-state index in [2.05, 4.69) is 63.9 Å². The molecule has 0 heterocycles. The molecular weight excluding hydrogens is 689 g/mol. The van der Waals surface area contributed by atoms with E-state index in [4.69, 9.17) is 16.7 Å². The van der Waals surface area contributed by atoms with Crippen LogP contribution in [-0.2, 0) is 9.59 Å². The number of aliphatic hydroxyl groups excluding tert-OH is 2. The Morgan fingerprint density at radius 2 is 1.09 bits per heavy atom. The SMILES string of the molecule is C=C(C)C(=O)NCCCN(C)C.C=C(C)C(=O)NCCC[N+](C)(C)CC(O)C[N+](C)(C)C.C[N+](C)(C)CC(O)CCl.[Cl-].[Cl-].[Cl-].[Na+].[OH-]. The first-order chi connectivity index (χ1) is 18.4. The van der Waals surface area contributed by atoms with Crippen molar-refractivity contribution in [2.75, 3.05) is 122 Å². The Morgan fingerprint density at radius 3 is 1.37 bits per heavy atom. The molecule has 0 bridgehead atoms. The molecule has 0 aliphatic rings. The third-order valence-corrected chi connectivity index (χ3v) is 5.82. The predicted octanol–water partition coefficient (Wildman–Crippen LogP) is -11.0. The Hall–Kier alpha value is 0.300. The quantitative estimate of drug-likeness (QED) is 0.0384. The molecule has 0 spiro atoms. The fourth-order valence-corrected chi connectivity index (χ4v) is 3.74. The van der Waals surface area contributed by atoms with E-state index in [1.54, 1.807) is 13.8 Å². The average Bonchev–Trinajstić information content (AvgIpc) is 2.76. The smallest absolute Gasteiger partial charge is 1.00 e. The molecule has 0 aromatic carbocycles. The van der Waals surface area contributed by atoms with Crippen molar-refractivity contribution in [3.8, 4) is 0 Å². The average molecular weight is 757 g/mol. The van der Waals surface area contributed by atoms with E-state index in [0.717, 1.165) is 59.0 Å². The molecule has 46 heavy (non-hydrogen) atoms. The number of quaternary nitrogens is 3. The maximum Gasteiger partial charge on any atom is 1.00 e. The number of hydrogen-bond acceptors (Lipinski definition) is 6. The van der Waals surface area contributed by atoms with Gasteiger partial charge in [0.15, 0.2) is 6.10 Å². The molecule has 0 aromatic rings. The van der Waals surface area contributed by atoms with Gasteiger partial charge in [-0.1, -0.05) is 13.2 Å². The van der Waals surface area contributed by atoms with Crippen molar-refractivity contribution >= 4 is 23.4 Å². The molecule has 0 saturated heterocycles. The first-order valence-corrected chi connectivity index (χ1v) is 14.8. The number of hydrogen-bond donors (Lipinski definition) is 4. The molecule has 0 aliphatic heterocycles. The summed E-state index contributed by atoms with van der Waals surface area (Å²) in [6.07, 6.45) is 1.19. The Labute approximate surface area is 327 Å². The minimum atomic E-state index is -0.369. The molecule has 5 N–H and O–H groups in total. The number of carbonyl (C=O) groups is 2. The van der Waals surface area contributed by atoms with Crippen LogP contribution in [0.15, 0.2) is 24.3 Å². The van der Waals surface area contributed by atoms with Crippen LogP contribution in [0.1, 0.15) is 26.7 Å². The summed E-state index contributed by atoms with van der Waals surface area (Å²) in [7, 11) is 20.6. The summed E-state index contributed by atoms with van der Waals surface area (Å²) in [5, 5.41) is 24.8. The third kappa shape index (κ3) is 51.1. The summed E-state index contributed by atoms with van der Waals surface area (Å²) in [4.78, 5) is 24.4. The second-order valence-corrected chi connectivity index (χ2v) is 14.1. The summed E-state index contributed by atoms with van der Waals surface area (Å²) in [6, 6.07) is 0. The van der Waals surface area contributed by atoms with Crippen molar-refractivity contribution in [2.45, 2.75) is 38.9 Å². The second-order valence-electron chi connectivity index (χ2n) is 13.8. The van der Waals surface area contributed by atoms with Gasteiger partial charge in [0.2, 0.25) is 11.8 Å². The van der Waals surface area contributed by atoms with Gasteiger partial charge in [-0.05, 0) is 40.9 Å². The van der Waals surface area contributed by atoms with Crippen molar-refractivity contribution in [3.05, 3.63) is 24.3 Å². The zero-order valence-corrected chi connectivity index (χ0v) is 36.1. The van der Waals surface area contributed by atoms with Gasteiger partial charge in [-0.25, -0.2) is 0 Å². The van der Waals surface area contributed by atoms with Crippen molar-refractivity contribution in [1.82, 2.24) is 15.5 Å². The number of carbonyl (C=O) groups excluding carboxylic acids is 2. The summed E-state index contributed by atoms with van der Waals surface area (Å²) >= 11 is 5.40. The van der Waals surface area contributed by atoms with Crippen LogP contribution in [0.25, 0.3) is 0 Å². The minimum absolute atomic E-state index is 0. The Morgan fingerprint density at radius 1 is 0.739 bits per heavy atom. The number of likely N-dealkylation sites (N-methyl/N-ethyl adjacent to an activating group) is 3. The van der Waals surface area contributed by atoms with Crippen LogP contribution in [0.5, 0.6) is 0 Å². The van der Waals surface area contributed by atoms with E-state index in [9.17, 15) is 14.7 Å². The van der Waals surface area contributed by atoms with E-state index in [1.807, 2.05) is 35.2 Å². The Bertz CT molecular complexity index is 784.